The van der Waals surface area contributed by atoms with E-state index < -0.39 is 18.6 Å². The van der Waals surface area contributed by atoms with Crippen molar-refractivity contribution in [1.82, 2.24) is 0 Å². The van der Waals surface area contributed by atoms with Crippen LogP contribution in [0.2, 0.25) is 0 Å². The molecule has 0 saturated carbocycles. The molecule has 0 aromatic heterocycles. The lowest BCUT2D eigenvalue weighted by atomic mass is 10.2. The smallest absolute Gasteiger partial charge is 0.392 e. The molecule has 6 heteroatoms. The Balaban J connectivity index is 4.35. The number of aliphatic carboxylic acids is 1. The number of hydrogen-bond acceptors (Lipinski definition) is 2. The molecular weight excluding hydrogens is 189 g/mol. The van der Waals surface area contributed by atoms with E-state index in [0.717, 1.165) is 0 Å². The second-order valence-corrected chi connectivity index (χ2v) is 2.37. The molecule has 0 aliphatic rings. The van der Waals surface area contributed by atoms with Gasteiger partial charge in [0.1, 0.15) is 0 Å². The predicted octanol–water partition coefficient (Wildman–Crippen LogP) is 1.60. The van der Waals surface area contributed by atoms with E-state index in [9.17, 15) is 18.0 Å². The number of ether oxygens (including phenoxy) is 1. The number of carboxylic acid groups (broad SMARTS) is 1. The number of halogens is 3. The van der Waals surface area contributed by atoms with E-state index in [1.54, 1.807) is 0 Å². The number of methoxy groups -OCH3 is 1. The minimum Gasteiger partial charge on any atom is -0.478 e. The van der Waals surface area contributed by atoms with Crippen molar-refractivity contribution in [2.75, 3.05) is 13.7 Å². The van der Waals surface area contributed by atoms with Crippen molar-refractivity contribution in [1.29, 1.82) is 0 Å². The van der Waals surface area contributed by atoms with Gasteiger partial charge in [0.25, 0.3) is 0 Å². The van der Waals surface area contributed by atoms with Gasteiger partial charge in [0.15, 0.2) is 0 Å². The van der Waals surface area contributed by atoms with Gasteiger partial charge in [-0.15, -0.1) is 0 Å². The first-order chi connectivity index (χ1) is 5.85. The van der Waals surface area contributed by atoms with E-state index in [1.165, 1.54) is 7.11 Å². The third-order valence-corrected chi connectivity index (χ3v) is 1.08. The summed E-state index contributed by atoms with van der Waals surface area (Å²) >= 11 is 0. The van der Waals surface area contributed by atoms with Crippen LogP contribution in [0, 0.1) is 0 Å². The number of carbonyl (C=O) groups is 1. The summed E-state index contributed by atoms with van der Waals surface area (Å²) in [6.45, 7) is -0.328. The normalized spacial score (nSPS) is 13.1. The Labute approximate surface area is 72.8 Å². The average Bonchev–Trinajstić information content (AvgIpc) is 1.81. The van der Waals surface area contributed by atoms with Gasteiger partial charge in [-0.1, -0.05) is 0 Å². The molecule has 0 fully saturated rings. The van der Waals surface area contributed by atoms with Crippen LogP contribution >= 0.6 is 0 Å². The molecular formula is C7H9F3O3. The van der Waals surface area contributed by atoms with Gasteiger partial charge in [0.05, 0.1) is 13.0 Å². The number of rotatable bonds is 4. The van der Waals surface area contributed by atoms with Crippen molar-refractivity contribution in [3.05, 3.63) is 11.6 Å². The lowest BCUT2D eigenvalue weighted by molar-refractivity contribution is -0.132. The summed E-state index contributed by atoms with van der Waals surface area (Å²) in [5.41, 5.74) is -0.303. The Kier molecular flexibility index (Phi) is 4.47. The van der Waals surface area contributed by atoms with Crippen LogP contribution in [0.5, 0.6) is 0 Å². The fraction of sp³-hybridized carbons (Fsp3) is 0.571. The molecule has 13 heavy (non-hydrogen) atoms. The molecule has 0 rings (SSSR count). The first kappa shape index (κ1) is 12.0. The van der Waals surface area contributed by atoms with Gasteiger partial charge in [0, 0.05) is 13.2 Å². The molecule has 76 valence electrons. The molecule has 3 nitrogen and oxygen atoms in total. The molecule has 0 bridgehead atoms. The highest BCUT2D eigenvalue weighted by atomic mass is 19.4. The molecule has 0 aliphatic carbocycles. The molecule has 0 saturated heterocycles. The van der Waals surface area contributed by atoms with Crippen LogP contribution in [0.15, 0.2) is 11.6 Å². The molecule has 0 aromatic rings. The standard InChI is InChI=1S/C7H9F3O3/c1-13-4-5(2-6(11)12)3-7(8,9)10/h2H,3-4H2,1H3,(H,11,12)/b5-2+. The van der Waals surface area contributed by atoms with Gasteiger partial charge >= 0.3 is 12.1 Å². The SMILES string of the molecule is COC/C(=C/C(=O)O)CC(F)(F)F. The van der Waals surface area contributed by atoms with Crippen LogP contribution in [-0.4, -0.2) is 31.0 Å². The first-order valence-electron chi connectivity index (χ1n) is 3.33. The third kappa shape index (κ3) is 7.32. The summed E-state index contributed by atoms with van der Waals surface area (Å²) < 4.78 is 39.8. The van der Waals surface area contributed by atoms with Crippen molar-refractivity contribution in [2.45, 2.75) is 12.6 Å². The highest BCUT2D eigenvalue weighted by molar-refractivity contribution is 5.80. The summed E-state index contributed by atoms with van der Waals surface area (Å²) in [5.74, 6) is -1.41. The van der Waals surface area contributed by atoms with Gasteiger partial charge in [-0.05, 0) is 5.57 Å². The molecule has 1 N–H and O–H groups in total. The van der Waals surface area contributed by atoms with Crippen LogP contribution in [0.3, 0.4) is 0 Å². The van der Waals surface area contributed by atoms with Gasteiger partial charge in [-0.3, -0.25) is 0 Å². The summed E-state index contributed by atoms with van der Waals surface area (Å²) in [6.07, 6.45) is -5.15. The lowest BCUT2D eigenvalue weighted by Crippen LogP contribution is -2.12. The van der Waals surface area contributed by atoms with E-state index in [4.69, 9.17) is 5.11 Å². The molecule has 0 aliphatic heterocycles. The maximum absolute atomic E-state index is 11.8. The van der Waals surface area contributed by atoms with E-state index >= 15 is 0 Å². The topological polar surface area (TPSA) is 46.5 Å². The monoisotopic (exact) mass is 198 g/mol. The fourth-order valence-electron chi connectivity index (χ4n) is 0.761. The fourth-order valence-corrected chi connectivity index (χ4v) is 0.761. The Morgan fingerprint density at radius 1 is 1.54 bits per heavy atom. The lowest BCUT2D eigenvalue weighted by Gasteiger charge is -2.08. The molecule has 0 atom stereocenters. The second-order valence-electron chi connectivity index (χ2n) is 2.37. The Hall–Kier alpha value is -1.04. The van der Waals surface area contributed by atoms with Crippen LogP contribution in [0.25, 0.3) is 0 Å². The highest BCUT2D eigenvalue weighted by Gasteiger charge is 2.28. The first-order valence-corrected chi connectivity index (χ1v) is 3.33. The summed E-state index contributed by atoms with van der Waals surface area (Å²) in [4.78, 5) is 10.1. The number of carboxylic acids is 1. The van der Waals surface area contributed by atoms with Crippen molar-refractivity contribution in [2.24, 2.45) is 0 Å². The number of alkyl halides is 3. The van der Waals surface area contributed by atoms with E-state index in [2.05, 4.69) is 4.74 Å². The zero-order chi connectivity index (χ0) is 10.5. The van der Waals surface area contributed by atoms with E-state index in [1.807, 2.05) is 0 Å². The summed E-state index contributed by atoms with van der Waals surface area (Å²) in [7, 11) is 1.20. The molecule has 0 heterocycles. The molecule has 0 radical (unpaired) electrons. The average molecular weight is 198 g/mol. The molecule has 0 unspecified atom stereocenters. The molecule has 0 aromatic carbocycles. The van der Waals surface area contributed by atoms with Crippen LogP contribution in [0.1, 0.15) is 6.42 Å². The maximum Gasteiger partial charge on any atom is 0.392 e. The highest BCUT2D eigenvalue weighted by Crippen LogP contribution is 2.24. The zero-order valence-corrected chi connectivity index (χ0v) is 6.89. The van der Waals surface area contributed by atoms with Crippen LogP contribution in [-0.2, 0) is 9.53 Å². The van der Waals surface area contributed by atoms with E-state index in [-0.39, 0.29) is 12.2 Å². The van der Waals surface area contributed by atoms with Gasteiger partial charge in [-0.25, -0.2) is 4.79 Å². The van der Waals surface area contributed by atoms with Gasteiger partial charge < -0.3 is 9.84 Å². The Morgan fingerprint density at radius 2 is 2.08 bits per heavy atom. The van der Waals surface area contributed by atoms with Crippen molar-refractivity contribution < 1.29 is 27.8 Å². The molecule has 0 spiro atoms. The Morgan fingerprint density at radius 3 is 2.38 bits per heavy atom. The minimum atomic E-state index is -4.40. The van der Waals surface area contributed by atoms with Gasteiger partial charge in [0.2, 0.25) is 0 Å². The van der Waals surface area contributed by atoms with Gasteiger partial charge in [-0.2, -0.15) is 13.2 Å². The largest absolute Gasteiger partial charge is 0.478 e. The van der Waals surface area contributed by atoms with Crippen molar-refractivity contribution in [3.8, 4) is 0 Å². The maximum atomic E-state index is 11.8. The van der Waals surface area contributed by atoms with Crippen molar-refractivity contribution >= 4 is 5.97 Å². The third-order valence-electron chi connectivity index (χ3n) is 1.08. The van der Waals surface area contributed by atoms with E-state index in [0.29, 0.717) is 6.08 Å². The zero-order valence-electron chi connectivity index (χ0n) is 6.89. The Bertz CT molecular complexity index is 208. The minimum absolute atomic E-state index is 0.303. The summed E-state index contributed by atoms with van der Waals surface area (Å²) in [6, 6.07) is 0. The number of hydrogen-bond donors (Lipinski definition) is 1. The molecule has 0 amide bonds. The van der Waals surface area contributed by atoms with Crippen molar-refractivity contribution in [3.63, 3.8) is 0 Å². The van der Waals surface area contributed by atoms with Crippen LogP contribution in [0.4, 0.5) is 13.2 Å². The van der Waals surface area contributed by atoms with Crippen LogP contribution < -0.4 is 0 Å². The predicted molar refractivity (Wildman–Crippen MR) is 38.3 cm³/mol. The summed E-state index contributed by atoms with van der Waals surface area (Å²) in [5, 5.41) is 8.21. The second kappa shape index (κ2) is 4.86. The quantitative estimate of drug-likeness (QED) is 0.698.